The Morgan fingerprint density at radius 2 is 2.07 bits per heavy atom. The van der Waals surface area contributed by atoms with E-state index < -0.39 is 34.9 Å². The highest BCUT2D eigenvalue weighted by molar-refractivity contribution is 5.92. The summed E-state index contributed by atoms with van der Waals surface area (Å²) < 4.78 is 46.1. The summed E-state index contributed by atoms with van der Waals surface area (Å²) in [5.74, 6) is -0.116. The maximum atomic E-state index is 13.5. The van der Waals surface area contributed by atoms with E-state index in [4.69, 9.17) is 4.74 Å². The largest absolute Gasteiger partial charge is 0.504 e. The molecule has 2 heterocycles. The molecule has 218 valence electrons. The minimum absolute atomic E-state index is 0.0204. The molecule has 1 saturated carbocycles. The highest BCUT2D eigenvalue weighted by atomic mass is 19.4. The number of likely N-dealkylation sites (tertiary alicyclic amines) is 1. The molecule has 2 aromatic carbocycles. The van der Waals surface area contributed by atoms with Crippen LogP contribution in [0.25, 0.3) is 6.08 Å². The van der Waals surface area contributed by atoms with Crippen molar-refractivity contribution in [3.63, 3.8) is 0 Å². The first-order valence-corrected chi connectivity index (χ1v) is 14.2. The molecule has 4 aliphatic rings. The Hall–Kier alpha value is -3.30. The molecule has 9 heteroatoms. The summed E-state index contributed by atoms with van der Waals surface area (Å²) in [6.45, 7) is 7.34. The van der Waals surface area contributed by atoms with E-state index in [9.17, 15) is 28.2 Å². The highest BCUT2D eigenvalue weighted by Crippen LogP contribution is 2.67. The SMILES string of the molecule is C=CCN1CC[C@]23c4c5ccc(O)c4O[C@H]2[C@@H](N(C)C(=O)C=Cc2cccc(C(F)(F)F)c2)C[C@H](CC)[C@@]3(O)[C@H]1C5. The van der Waals surface area contributed by atoms with Crippen LogP contribution in [-0.4, -0.2) is 69.8 Å². The van der Waals surface area contributed by atoms with E-state index in [2.05, 4.69) is 11.5 Å². The normalized spacial score (nSPS) is 32.0. The van der Waals surface area contributed by atoms with Crippen LogP contribution in [0.1, 0.15) is 48.4 Å². The van der Waals surface area contributed by atoms with E-state index in [1.165, 1.54) is 24.3 Å². The maximum absolute atomic E-state index is 13.5. The van der Waals surface area contributed by atoms with Crippen LogP contribution in [0.3, 0.4) is 0 Å². The summed E-state index contributed by atoms with van der Waals surface area (Å²) in [6.07, 6.45) is 1.86. The summed E-state index contributed by atoms with van der Waals surface area (Å²) in [6, 6.07) is 7.80. The van der Waals surface area contributed by atoms with Gasteiger partial charge in [0.1, 0.15) is 6.10 Å². The Balaban J connectivity index is 1.39. The second kappa shape index (κ2) is 9.63. The van der Waals surface area contributed by atoms with E-state index in [1.807, 2.05) is 19.1 Å². The number of alkyl halides is 3. The van der Waals surface area contributed by atoms with Crippen molar-refractivity contribution in [3.8, 4) is 11.5 Å². The topological polar surface area (TPSA) is 73.2 Å². The second-order valence-electron chi connectivity index (χ2n) is 11.9. The highest BCUT2D eigenvalue weighted by Gasteiger charge is 2.75. The molecule has 1 spiro atoms. The molecule has 0 aromatic heterocycles. The number of likely N-dealkylation sites (N-methyl/N-ethyl adjacent to an activating group) is 1. The van der Waals surface area contributed by atoms with Gasteiger partial charge < -0.3 is 19.8 Å². The lowest BCUT2D eigenvalue weighted by Crippen LogP contribution is -2.80. The predicted octanol–water partition coefficient (Wildman–Crippen LogP) is 4.93. The predicted molar refractivity (Wildman–Crippen MR) is 148 cm³/mol. The van der Waals surface area contributed by atoms with Gasteiger partial charge >= 0.3 is 6.18 Å². The number of halogens is 3. The Labute approximate surface area is 237 Å². The minimum Gasteiger partial charge on any atom is -0.504 e. The number of amides is 1. The van der Waals surface area contributed by atoms with Crippen LogP contribution in [-0.2, 0) is 22.8 Å². The molecule has 2 bridgehead atoms. The number of rotatable bonds is 6. The Kier molecular flexibility index (Phi) is 6.54. The average molecular weight is 569 g/mol. The summed E-state index contributed by atoms with van der Waals surface area (Å²) in [4.78, 5) is 17.4. The molecule has 41 heavy (non-hydrogen) atoms. The third-order valence-corrected chi connectivity index (χ3v) is 10.1. The third kappa shape index (κ3) is 3.88. The number of aliphatic hydroxyl groups is 1. The van der Waals surface area contributed by atoms with Crippen molar-refractivity contribution in [1.82, 2.24) is 9.80 Å². The lowest BCUT2D eigenvalue weighted by molar-refractivity contribution is -0.226. The van der Waals surface area contributed by atoms with Crippen LogP contribution in [0.5, 0.6) is 11.5 Å². The standard InChI is InChI=1S/C32H35F3N2O4/c1-4-14-37-15-13-30-27-20-10-11-24(38)28(27)41-29(30)23(18-21(5-2)31(30,40)25(37)17-20)36(3)26(39)12-9-19-7-6-8-22(16-19)32(33,34)35/h4,6-12,16,21,23,25,29,38,40H,1,5,13-15,17-18H2,2-3H3/t21-,23-,25+,29-,30-,31+/m0/s1. The zero-order chi connectivity index (χ0) is 29.3. The van der Waals surface area contributed by atoms with Crippen LogP contribution >= 0.6 is 0 Å². The lowest BCUT2D eigenvalue weighted by Gasteiger charge is -2.67. The first-order valence-electron chi connectivity index (χ1n) is 14.2. The molecule has 2 aromatic rings. The van der Waals surface area contributed by atoms with Crippen LogP contribution in [0.4, 0.5) is 13.2 Å². The Morgan fingerprint density at radius 3 is 2.78 bits per heavy atom. The van der Waals surface area contributed by atoms with Crippen molar-refractivity contribution in [2.24, 2.45) is 5.92 Å². The molecule has 2 aliphatic heterocycles. The number of carbonyl (C=O) groups is 1. The summed E-state index contributed by atoms with van der Waals surface area (Å²) in [7, 11) is 1.68. The van der Waals surface area contributed by atoms with Crippen LogP contribution in [0.15, 0.2) is 55.1 Å². The van der Waals surface area contributed by atoms with Crippen molar-refractivity contribution in [1.29, 1.82) is 0 Å². The molecule has 2 fully saturated rings. The molecule has 1 saturated heterocycles. The third-order valence-electron chi connectivity index (χ3n) is 10.1. The zero-order valence-corrected chi connectivity index (χ0v) is 23.2. The van der Waals surface area contributed by atoms with E-state index in [0.29, 0.717) is 44.5 Å². The molecule has 0 unspecified atom stereocenters. The van der Waals surface area contributed by atoms with Gasteiger partial charge in [0, 0.05) is 31.3 Å². The monoisotopic (exact) mass is 568 g/mol. The van der Waals surface area contributed by atoms with Gasteiger partial charge in [0.2, 0.25) is 5.91 Å². The first kappa shape index (κ1) is 27.8. The number of carbonyl (C=O) groups excluding carboxylic acids is 1. The van der Waals surface area contributed by atoms with Crippen molar-refractivity contribution >= 4 is 12.0 Å². The number of hydrogen-bond donors (Lipinski definition) is 2. The number of ether oxygens (including phenoxy) is 1. The van der Waals surface area contributed by atoms with Crippen molar-refractivity contribution in [2.45, 2.75) is 68.0 Å². The molecule has 0 radical (unpaired) electrons. The van der Waals surface area contributed by atoms with E-state index >= 15 is 0 Å². The van der Waals surface area contributed by atoms with Gasteiger partial charge in [-0.15, -0.1) is 6.58 Å². The van der Waals surface area contributed by atoms with Gasteiger partial charge in [0.05, 0.1) is 22.6 Å². The molecule has 2 aliphatic carbocycles. The fraction of sp³-hybridized carbons (Fsp3) is 0.469. The van der Waals surface area contributed by atoms with Crippen molar-refractivity contribution in [2.75, 3.05) is 20.1 Å². The number of aromatic hydroxyl groups is 1. The van der Waals surface area contributed by atoms with Crippen molar-refractivity contribution < 1.29 is 32.9 Å². The van der Waals surface area contributed by atoms with E-state index in [0.717, 1.165) is 23.3 Å². The van der Waals surface area contributed by atoms with E-state index in [1.54, 1.807) is 18.0 Å². The molecule has 1 amide bonds. The van der Waals surface area contributed by atoms with Crippen LogP contribution in [0, 0.1) is 5.92 Å². The van der Waals surface area contributed by atoms with Crippen LogP contribution in [0.2, 0.25) is 0 Å². The summed E-state index contributed by atoms with van der Waals surface area (Å²) in [5.41, 5.74) is -0.568. The Bertz CT molecular complexity index is 1420. The number of piperidine rings is 1. The molecule has 6 atom stereocenters. The van der Waals surface area contributed by atoms with Gasteiger partial charge in [0.15, 0.2) is 11.5 Å². The molecule has 2 N–H and O–H groups in total. The number of phenolic OH excluding ortho intramolecular Hbond substituents is 1. The van der Waals surface area contributed by atoms with Crippen molar-refractivity contribution in [3.05, 3.63) is 77.4 Å². The fourth-order valence-corrected chi connectivity index (χ4v) is 8.33. The number of benzene rings is 2. The summed E-state index contributed by atoms with van der Waals surface area (Å²) in [5, 5.41) is 23.8. The lowest BCUT2D eigenvalue weighted by atomic mass is 9.45. The first-order chi connectivity index (χ1) is 19.5. The average Bonchev–Trinajstić information content (AvgIpc) is 3.29. The van der Waals surface area contributed by atoms with Gasteiger partial charge in [-0.1, -0.05) is 37.6 Å². The second-order valence-corrected chi connectivity index (χ2v) is 11.9. The van der Waals surface area contributed by atoms with E-state index in [-0.39, 0.29) is 29.2 Å². The van der Waals surface area contributed by atoms with Gasteiger partial charge in [-0.3, -0.25) is 9.69 Å². The van der Waals surface area contributed by atoms with Crippen LogP contribution < -0.4 is 4.74 Å². The summed E-state index contributed by atoms with van der Waals surface area (Å²) >= 11 is 0. The van der Waals surface area contributed by atoms with Gasteiger partial charge in [-0.2, -0.15) is 13.2 Å². The molecular formula is C32H35F3N2O4. The maximum Gasteiger partial charge on any atom is 0.416 e. The number of nitrogens with zero attached hydrogens (tertiary/aromatic N) is 2. The fourth-order valence-electron chi connectivity index (χ4n) is 8.33. The molecular weight excluding hydrogens is 533 g/mol. The smallest absolute Gasteiger partial charge is 0.416 e. The quantitative estimate of drug-likeness (QED) is 0.382. The number of hydrogen-bond acceptors (Lipinski definition) is 5. The zero-order valence-electron chi connectivity index (χ0n) is 23.2. The van der Waals surface area contributed by atoms with Gasteiger partial charge in [-0.05, 0) is 67.1 Å². The van der Waals surface area contributed by atoms with Gasteiger partial charge in [0.25, 0.3) is 0 Å². The molecule has 6 nitrogen and oxygen atoms in total. The van der Waals surface area contributed by atoms with Gasteiger partial charge in [-0.25, -0.2) is 0 Å². The Morgan fingerprint density at radius 1 is 1.29 bits per heavy atom. The minimum atomic E-state index is -4.48. The number of phenols is 1. The molecule has 6 rings (SSSR count).